The van der Waals surface area contributed by atoms with Crippen LogP contribution in [0.1, 0.15) is 17.3 Å². The van der Waals surface area contributed by atoms with Crippen LogP contribution in [0, 0.1) is 0 Å². The molecule has 7 heteroatoms. The molecular weight excluding hydrogens is 262 g/mol. The lowest BCUT2D eigenvalue weighted by Gasteiger charge is -2.17. The molecule has 1 aromatic carbocycles. The maximum atomic E-state index is 12.0. The molecule has 0 aliphatic heterocycles. The van der Waals surface area contributed by atoms with Crippen molar-refractivity contribution >= 4 is 22.9 Å². The third kappa shape index (κ3) is 2.89. The number of carboxylic acids is 1. The molecule has 1 aromatic heterocycles. The van der Waals surface area contributed by atoms with Crippen LogP contribution in [0.25, 0.3) is 11.0 Å². The van der Waals surface area contributed by atoms with Crippen molar-refractivity contribution in [3.8, 4) is 0 Å². The number of aromatic nitrogens is 2. The molecule has 2 aromatic rings. The first kappa shape index (κ1) is 13.9. The Morgan fingerprint density at radius 1 is 1.20 bits per heavy atom. The van der Waals surface area contributed by atoms with E-state index in [4.69, 9.17) is 5.11 Å². The summed E-state index contributed by atoms with van der Waals surface area (Å²) in [5, 5.41) is 20.5. The first-order chi connectivity index (χ1) is 9.49. The molecule has 0 fully saturated rings. The number of hydrogen-bond acceptors (Lipinski definition) is 5. The molecule has 1 amide bonds. The average molecular weight is 275 g/mol. The van der Waals surface area contributed by atoms with E-state index in [2.05, 4.69) is 15.3 Å². The molecule has 0 bridgehead atoms. The number of aliphatic hydroxyl groups excluding tert-OH is 1. The van der Waals surface area contributed by atoms with Gasteiger partial charge >= 0.3 is 5.97 Å². The SMILES string of the molecule is CC(O)C(NC(=O)c1ccc2nccnc2c1)C(=O)O. The second-order valence-corrected chi connectivity index (χ2v) is 4.29. The Hall–Kier alpha value is -2.54. The van der Waals surface area contributed by atoms with E-state index in [1.54, 1.807) is 6.07 Å². The minimum atomic E-state index is -1.36. The smallest absolute Gasteiger partial charge is 0.328 e. The minimum Gasteiger partial charge on any atom is -0.480 e. The van der Waals surface area contributed by atoms with Crippen LogP contribution in [0.5, 0.6) is 0 Å². The van der Waals surface area contributed by atoms with Crippen molar-refractivity contribution in [3.05, 3.63) is 36.2 Å². The first-order valence-electron chi connectivity index (χ1n) is 5.91. The van der Waals surface area contributed by atoms with Crippen LogP contribution in [0.3, 0.4) is 0 Å². The Labute approximate surface area is 114 Å². The Kier molecular flexibility index (Phi) is 3.90. The fourth-order valence-corrected chi connectivity index (χ4v) is 1.72. The number of benzene rings is 1. The Morgan fingerprint density at radius 2 is 1.85 bits per heavy atom. The number of rotatable bonds is 4. The van der Waals surface area contributed by atoms with Crippen molar-refractivity contribution in [1.29, 1.82) is 0 Å². The quantitative estimate of drug-likeness (QED) is 0.734. The topological polar surface area (TPSA) is 112 Å². The number of nitrogens with zero attached hydrogens (tertiary/aromatic N) is 2. The van der Waals surface area contributed by atoms with Gasteiger partial charge in [-0.2, -0.15) is 0 Å². The summed E-state index contributed by atoms with van der Waals surface area (Å²) >= 11 is 0. The largest absolute Gasteiger partial charge is 0.480 e. The van der Waals surface area contributed by atoms with Gasteiger partial charge in [0.05, 0.1) is 17.1 Å². The van der Waals surface area contributed by atoms with Gasteiger partial charge in [-0.05, 0) is 25.1 Å². The average Bonchev–Trinajstić information content (AvgIpc) is 2.43. The molecule has 2 unspecified atom stereocenters. The molecule has 7 nitrogen and oxygen atoms in total. The lowest BCUT2D eigenvalue weighted by atomic mass is 10.1. The number of nitrogens with one attached hydrogen (secondary N) is 1. The maximum Gasteiger partial charge on any atom is 0.328 e. The van der Waals surface area contributed by atoms with E-state index in [0.717, 1.165) is 0 Å². The molecule has 0 radical (unpaired) electrons. The summed E-state index contributed by atoms with van der Waals surface area (Å²) in [5.41, 5.74) is 1.42. The lowest BCUT2D eigenvalue weighted by molar-refractivity contribution is -0.141. The van der Waals surface area contributed by atoms with E-state index >= 15 is 0 Å². The molecule has 0 aliphatic rings. The molecule has 2 rings (SSSR count). The molecule has 104 valence electrons. The predicted octanol–water partition coefficient (Wildman–Crippen LogP) is 0.194. The summed E-state index contributed by atoms with van der Waals surface area (Å²) in [6, 6.07) is 3.29. The van der Waals surface area contributed by atoms with Crippen molar-refractivity contribution in [2.75, 3.05) is 0 Å². The normalized spacial score (nSPS) is 13.7. The van der Waals surface area contributed by atoms with Gasteiger partial charge in [0.1, 0.15) is 0 Å². The van der Waals surface area contributed by atoms with Crippen molar-refractivity contribution < 1.29 is 19.8 Å². The molecule has 20 heavy (non-hydrogen) atoms. The number of hydrogen-bond donors (Lipinski definition) is 3. The number of carboxylic acid groups (broad SMARTS) is 1. The standard InChI is InChI=1S/C13H13N3O4/c1-7(17)11(13(19)20)16-12(18)8-2-3-9-10(6-8)15-5-4-14-9/h2-7,11,17H,1H3,(H,16,18)(H,19,20). The van der Waals surface area contributed by atoms with Gasteiger partial charge in [0.25, 0.3) is 5.91 Å². The molecule has 3 N–H and O–H groups in total. The van der Waals surface area contributed by atoms with Crippen LogP contribution in [0.15, 0.2) is 30.6 Å². The van der Waals surface area contributed by atoms with Crippen molar-refractivity contribution in [2.24, 2.45) is 0 Å². The molecule has 0 spiro atoms. The highest BCUT2D eigenvalue weighted by molar-refractivity contribution is 5.99. The first-order valence-corrected chi connectivity index (χ1v) is 5.91. The van der Waals surface area contributed by atoms with Gasteiger partial charge in [0, 0.05) is 18.0 Å². The predicted molar refractivity (Wildman–Crippen MR) is 70.1 cm³/mol. The van der Waals surface area contributed by atoms with E-state index < -0.39 is 24.0 Å². The molecule has 0 saturated heterocycles. The highest BCUT2D eigenvalue weighted by Crippen LogP contribution is 2.11. The monoisotopic (exact) mass is 275 g/mol. The van der Waals surface area contributed by atoms with Gasteiger partial charge in [-0.1, -0.05) is 0 Å². The highest BCUT2D eigenvalue weighted by Gasteiger charge is 2.25. The van der Waals surface area contributed by atoms with Gasteiger partial charge in [-0.3, -0.25) is 14.8 Å². The van der Waals surface area contributed by atoms with Gasteiger partial charge in [0.15, 0.2) is 6.04 Å². The molecular formula is C13H13N3O4. The van der Waals surface area contributed by atoms with Crippen LogP contribution in [0.2, 0.25) is 0 Å². The third-order valence-electron chi connectivity index (χ3n) is 2.77. The zero-order chi connectivity index (χ0) is 14.7. The van der Waals surface area contributed by atoms with Gasteiger partial charge < -0.3 is 15.5 Å². The third-order valence-corrected chi connectivity index (χ3v) is 2.77. The van der Waals surface area contributed by atoms with Crippen molar-refractivity contribution in [3.63, 3.8) is 0 Å². The Morgan fingerprint density at radius 3 is 2.45 bits per heavy atom. The summed E-state index contributed by atoms with van der Waals surface area (Å²) in [5.74, 6) is -1.89. The van der Waals surface area contributed by atoms with Crippen LogP contribution < -0.4 is 5.32 Å². The number of aliphatic carboxylic acids is 1. The van der Waals surface area contributed by atoms with E-state index in [9.17, 15) is 14.7 Å². The van der Waals surface area contributed by atoms with Crippen LogP contribution >= 0.6 is 0 Å². The number of amides is 1. The van der Waals surface area contributed by atoms with Gasteiger partial charge in [-0.25, -0.2) is 4.79 Å². The van der Waals surface area contributed by atoms with Crippen molar-refractivity contribution in [2.45, 2.75) is 19.1 Å². The van der Waals surface area contributed by atoms with E-state index in [1.165, 1.54) is 31.5 Å². The summed E-state index contributed by atoms with van der Waals surface area (Å²) in [4.78, 5) is 31.0. The molecule has 1 heterocycles. The van der Waals surface area contributed by atoms with Crippen LogP contribution in [-0.2, 0) is 4.79 Å². The lowest BCUT2D eigenvalue weighted by Crippen LogP contribution is -2.47. The number of fused-ring (bicyclic) bond motifs is 1. The second-order valence-electron chi connectivity index (χ2n) is 4.29. The summed E-state index contributed by atoms with van der Waals surface area (Å²) in [7, 11) is 0. The summed E-state index contributed by atoms with van der Waals surface area (Å²) in [6.45, 7) is 1.30. The van der Waals surface area contributed by atoms with Crippen molar-refractivity contribution in [1.82, 2.24) is 15.3 Å². The zero-order valence-corrected chi connectivity index (χ0v) is 10.6. The van der Waals surface area contributed by atoms with E-state index in [1.807, 2.05) is 0 Å². The molecule has 0 aliphatic carbocycles. The minimum absolute atomic E-state index is 0.255. The summed E-state index contributed by atoms with van der Waals surface area (Å²) < 4.78 is 0. The van der Waals surface area contributed by atoms with Gasteiger partial charge in [-0.15, -0.1) is 0 Å². The number of carbonyl (C=O) groups is 2. The zero-order valence-electron chi connectivity index (χ0n) is 10.6. The van der Waals surface area contributed by atoms with Gasteiger partial charge in [0.2, 0.25) is 0 Å². The fraction of sp³-hybridized carbons (Fsp3) is 0.231. The summed E-state index contributed by atoms with van der Waals surface area (Å²) in [6.07, 6.45) is 1.84. The highest BCUT2D eigenvalue weighted by atomic mass is 16.4. The molecule has 2 atom stereocenters. The van der Waals surface area contributed by atoms with Crippen LogP contribution in [0.4, 0.5) is 0 Å². The Balaban J connectivity index is 2.24. The maximum absolute atomic E-state index is 12.0. The number of aliphatic hydroxyl groups is 1. The number of carbonyl (C=O) groups excluding carboxylic acids is 1. The van der Waals surface area contributed by atoms with E-state index in [0.29, 0.717) is 11.0 Å². The Bertz CT molecular complexity index is 657. The fourth-order valence-electron chi connectivity index (χ4n) is 1.72. The second kappa shape index (κ2) is 5.62. The molecule has 0 saturated carbocycles. The van der Waals surface area contributed by atoms with Crippen LogP contribution in [-0.4, -0.2) is 44.2 Å². The van der Waals surface area contributed by atoms with E-state index in [-0.39, 0.29) is 5.56 Å².